The zero-order valence-electron chi connectivity index (χ0n) is 16.4. The number of hydrogen-bond acceptors (Lipinski definition) is 5. The van der Waals surface area contributed by atoms with Gasteiger partial charge in [-0.2, -0.15) is 5.10 Å². The molecule has 1 heterocycles. The number of nitrogens with zero attached hydrogens (tertiary/aromatic N) is 2. The SMILES string of the molecule is CC/C(C)=N\Nc1nc2cc(C)c(NC(=O)Cc3ccc(Cl)cc3)c(C)c2s1. The van der Waals surface area contributed by atoms with Crippen molar-refractivity contribution < 1.29 is 4.79 Å². The minimum atomic E-state index is -0.0566. The maximum absolute atomic E-state index is 12.5. The van der Waals surface area contributed by atoms with E-state index in [4.69, 9.17) is 11.6 Å². The standard InChI is InChI=1S/C21H23ClN4OS/c1-5-13(3)25-26-21-23-17-10-12(2)19(14(4)20(17)28-21)24-18(27)11-15-6-8-16(22)9-7-15/h6-10H,5,11H2,1-4H3,(H,23,26)(H,24,27)/b25-13-. The van der Waals surface area contributed by atoms with E-state index in [9.17, 15) is 4.79 Å². The molecule has 5 nitrogen and oxygen atoms in total. The number of fused-ring (bicyclic) bond motifs is 1. The van der Waals surface area contributed by atoms with Crippen LogP contribution in [0.25, 0.3) is 10.2 Å². The Balaban J connectivity index is 1.82. The molecule has 0 aliphatic heterocycles. The van der Waals surface area contributed by atoms with Gasteiger partial charge in [-0.1, -0.05) is 42.0 Å². The number of thiazole rings is 1. The second kappa shape index (κ2) is 8.71. The van der Waals surface area contributed by atoms with Crippen molar-refractivity contribution >= 4 is 55.6 Å². The molecular weight excluding hydrogens is 392 g/mol. The summed E-state index contributed by atoms with van der Waals surface area (Å²) in [4.78, 5) is 17.1. The summed E-state index contributed by atoms with van der Waals surface area (Å²) in [6, 6.07) is 9.32. The number of benzene rings is 2. The van der Waals surface area contributed by atoms with Gasteiger partial charge >= 0.3 is 0 Å². The van der Waals surface area contributed by atoms with Crippen LogP contribution in [0.5, 0.6) is 0 Å². The van der Waals surface area contributed by atoms with Gasteiger partial charge in [0.25, 0.3) is 0 Å². The fourth-order valence-electron chi connectivity index (χ4n) is 2.82. The number of carbonyl (C=O) groups excluding carboxylic acids is 1. The molecule has 0 unspecified atom stereocenters. The van der Waals surface area contributed by atoms with Gasteiger partial charge in [-0.15, -0.1) is 0 Å². The number of amides is 1. The van der Waals surface area contributed by atoms with E-state index in [1.54, 1.807) is 12.1 Å². The van der Waals surface area contributed by atoms with E-state index in [2.05, 4.69) is 27.8 Å². The lowest BCUT2D eigenvalue weighted by molar-refractivity contribution is -0.115. The third-order valence-electron chi connectivity index (χ3n) is 4.51. The predicted molar refractivity (Wildman–Crippen MR) is 120 cm³/mol. The van der Waals surface area contributed by atoms with Gasteiger partial charge in [0.15, 0.2) is 0 Å². The molecule has 1 aromatic heterocycles. The van der Waals surface area contributed by atoms with Crippen LogP contribution in [0.4, 0.5) is 10.8 Å². The third kappa shape index (κ3) is 4.69. The maximum atomic E-state index is 12.5. The highest BCUT2D eigenvalue weighted by atomic mass is 35.5. The number of carbonyl (C=O) groups is 1. The lowest BCUT2D eigenvalue weighted by atomic mass is 10.1. The summed E-state index contributed by atoms with van der Waals surface area (Å²) in [7, 11) is 0. The average Bonchev–Trinajstić information content (AvgIpc) is 3.08. The van der Waals surface area contributed by atoms with Crippen LogP contribution in [-0.2, 0) is 11.2 Å². The number of halogens is 1. The lowest BCUT2D eigenvalue weighted by Gasteiger charge is -2.12. The van der Waals surface area contributed by atoms with Crippen LogP contribution < -0.4 is 10.7 Å². The van der Waals surface area contributed by atoms with Crippen LogP contribution in [0.1, 0.15) is 37.0 Å². The van der Waals surface area contributed by atoms with E-state index in [1.165, 1.54) is 11.3 Å². The highest BCUT2D eigenvalue weighted by Crippen LogP contribution is 2.35. The quantitative estimate of drug-likeness (QED) is 0.387. The molecule has 0 aliphatic rings. The second-order valence-corrected chi connectivity index (χ2v) is 8.16. The number of aromatic nitrogens is 1. The molecular formula is C21H23ClN4OS. The summed E-state index contributed by atoms with van der Waals surface area (Å²) in [5.74, 6) is -0.0566. The van der Waals surface area contributed by atoms with E-state index in [1.807, 2.05) is 39.0 Å². The van der Waals surface area contributed by atoms with Crippen LogP contribution in [0.15, 0.2) is 35.4 Å². The van der Waals surface area contributed by atoms with E-state index in [0.29, 0.717) is 11.4 Å². The Bertz CT molecular complexity index is 1040. The molecule has 0 fully saturated rings. The fourth-order valence-corrected chi connectivity index (χ4v) is 3.84. The molecule has 28 heavy (non-hydrogen) atoms. The van der Waals surface area contributed by atoms with Crippen molar-refractivity contribution in [1.82, 2.24) is 4.98 Å². The number of nitrogens with one attached hydrogen (secondary N) is 2. The molecule has 3 aromatic rings. The highest BCUT2D eigenvalue weighted by Gasteiger charge is 2.15. The van der Waals surface area contributed by atoms with E-state index in [0.717, 1.165) is 49.9 Å². The van der Waals surface area contributed by atoms with Crippen molar-refractivity contribution in [2.45, 2.75) is 40.5 Å². The predicted octanol–water partition coefficient (Wildman–Crippen LogP) is 5.95. The Labute approximate surface area is 173 Å². The van der Waals surface area contributed by atoms with Crippen molar-refractivity contribution in [3.63, 3.8) is 0 Å². The maximum Gasteiger partial charge on any atom is 0.228 e. The summed E-state index contributed by atoms with van der Waals surface area (Å²) >= 11 is 7.44. The molecule has 0 bridgehead atoms. The smallest absolute Gasteiger partial charge is 0.228 e. The molecule has 0 atom stereocenters. The van der Waals surface area contributed by atoms with Gasteiger partial charge in [0.2, 0.25) is 11.0 Å². The zero-order chi connectivity index (χ0) is 20.3. The zero-order valence-corrected chi connectivity index (χ0v) is 18.0. The van der Waals surface area contributed by atoms with E-state index < -0.39 is 0 Å². The molecule has 3 rings (SSSR count). The van der Waals surface area contributed by atoms with Crippen molar-refractivity contribution in [1.29, 1.82) is 0 Å². The average molecular weight is 415 g/mol. The number of aryl methyl sites for hydroxylation is 2. The van der Waals surface area contributed by atoms with Gasteiger partial charge in [-0.3, -0.25) is 10.2 Å². The highest BCUT2D eigenvalue weighted by molar-refractivity contribution is 7.22. The van der Waals surface area contributed by atoms with Crippen molar-refractivity contribution in [3.05, 3.63) is 52.0 Å². The van der Waals surface area contributed by atoms with Gasteiger partial charge in [0.1, 0.15) is 0 Å². The molecule has 1 amide bonds. The first kappa shape index (κ1) is 20.3. The molecule has 2 N–H and O–H groups in total. The van der Waals surface area contributed by atoms with E-state index in [-0.39, 0.29) is 5.91 Å². The Hall–Kier alpha value is -2.44. The summed E-state index contributed by atoms with van der Waals surface area (Å²) in [5, 5.41) is 8.79. The third-order valence-corrected chi connectivity index (χ3v) is 5.86. The minimum absolute atomic E-state index is 0.0566. The summed E-state index contributed by atoms with van der Waals surface area (Å²) in [5.41, 5.74) is 8.71. The first-order valence-corrected chi connectivity index (χ1v) is 10.3. The summed E-state index contributed by atoms with van der Waals surface area (Å²) in [6.45, 7) is 8.03. The lowest BCUT2D eigenvalue weighted by Crippen LogP contribution is -2.16. The van der Waals surface area contributed by atoms with Gasteiger partial charge in [0, 0.05) is 16.4 Å². The molecule has 146 valence electrons. The number of anilines is 2. The first-order valence-electron chi connectivity index (χ1n) is 9.11. The number of rotatable bonds is 6. The summed E-state index contributed by atoms with van der Waals surface area (Å²) in [6.07, 6.45) is 1.19. The first-order chi connectivity index (χ1) is 13.4. The topological polar surface area (TPSA) is 66.4 Å². The molecule has 7 heteroatoms. The fraction of sp³-hybridized carbons (Fsp3) is 0.286. The van der Waals surface area contributed by atoms with E-state index >= 15 is 0 Å². The van der Waals surface area contributed by atoms with Crippen LogP contribution in [0, 0.1) is 13.8 Å². The number of hydrazone groups is 1. The van der Waals surface area contributed by atoms with Crippen LogP contribution in [-0.4, -0.2) is 16.6 Å². The normalized spacial score (nSPS) is 11.7. The van der Waals surface area contributed by atoms with Gasteiger partial charge in [-0.05, 0) is 62.1 Å². The van der Waals surface area contributed by atoms with Crippen LogP contribution >= 0.6 is 22.9 Å². The Morgan fingerprint density at radius 1 is 1.25 bits per heavy atom. The van der Waals surface area contributed by atoms with Crippen LogP contribution in [0.3, 0.4) is 0 Å². The molecule has 0 saturated carbocycles. The largest absolute Gasteiger partial charge is 0.325 e. The molecule has 0 aliphatic carbocycles. The molecule has 0 radical (unpaired) electrons. The molecule has 0 spiro atoms. The summed E-state index contributed by atoms with van der Waals surface area (Å²) < 4.78 is 1.04. The molecule has 2 aromatic carbocycles. The van der Waals surface area contributed by atoms with Crippen molar-refractivity contribution in [2.75, 3.05) is 10.7 Å². The Morgan fingerprint density at radius 2 is 1.96 bits per heavy atom. The van der Waals surface area contributed by atoms with Crippen molar-refractivity contribution in [2.24, 2.45) is 5.10 Å². The van der Waals surface area contributed by atoms with Gasteiger partial charge < -0.3 is 5.32 Å². The minimum Gasteiger partial charge on any atom is -0.325 e. The Morgan fingerprint density at radius 3 is 2.64 bits per heavy atom. The number of hydrogen-bond donors (Lipinski definition) is 2. The second-order valence-electron chi connectivity index (χ2n) is 6.72. The van der Waals surface area contributed by atoms with Crippen molar-refractivity contribution in [3.8, 4) is 0 Å². The van der Waals surface area contributed by atoms with Gasteiger partial charge in [0.05, 0.1) is 16.6 Å². The monoisotopic (exact) mass is 414 g/mol. The van der Waals surface area contributed by atoms with Gasteiger partial charge in [-0.25, -0.2) is 4.98 Å². The van der Waals surface area contributed by atoms with Crippen LogP contribution in [0.2, 0.25) is 5.02 Å². The molecule has 0 saturated heterocycles. The Kier molecular flexibility index (Phi) is 6.31.